The molecule has 3 heterocycles. The predicted octanol–water partition coefficient (Wildman–Crippen LogP) is 2.06. The van der Waals surface area contributed by atoms with E-state index in [0.29, 0.717) is 19.0 Å². The van der Waals surface area contributed by atoms with Crippen molar-refractivity contribution in [1.29, 1.82) is 0 Å². The Hall–Kier alpha value is -2.04. The first kappa shape index (κ1) is 12.0. The number of hydrogen-bond acceptors (Lipinski definition) is 3. The fourth-order valence-corrected chi connectivity index (χ4v) is 2.46. The normalized spacial score (nSPS) is 18.8. The van der Waals surface area contributed by atoms with Crippen molar-refractivity contribution in [2.75, 3.05) is 25.0 Å². The Morgan fingerprint density at radius 2 is 2.32 bits per heavy atom. The summed E-state index contributed by atoms with van der Waals surface area (Å²) >= 11 is 0. The van der Waals surface area contributed by atoms with Crippen molar-refractivity contribution in [2.24, 2.45) is 5.92 Å². The number of rotatable bonds is 2. The molecule has 0 saturated carbocycles. The summed E-state index contributed by atoms with van der Waals surface area (Å²) in [5, 5.41) is 12.1. The Balaban J connectivity index is 1.63. The van der Waals surface area contributed by atoms with Crippen LogP contribution in [-0.2, 0) is 6.42 Å². The first-order valence-electron chi connectivity index (χ1n) is 6.62. The molecular weight excluding hydrogens is 242 g/mol. The molecule has 0 aromatic carbocycles. The topological polar surface area (TPSA) is 65.5 Å². The van der Waals surface area contributed by atoms with Crippen LogP contribution in [0.15, 0.2) is 18.2 Å². The van der Waals surface area contributed by atoms with Crippen LogP contribution in [0.2, 0.25) is 0 Å². The number of amides is 1. The monoisotopic (exact) mass is 259 g/mol. The molecule has 0 aliphatic carbocycles. The van der Waals surface area contributed by atoms with Crippen LogP contribution in [0.4, 0.5) is 10.6 Å². The van der Waals surface area contributed by atoms with Crippen LogP contribution in [0.5, 0.6) is 0 Å². The average Bonchev–Trinajstić information content (AvgIpc) is 2.36. The lowest BCUT2D eigenvalue weighted by atomic mass is 10.00. The summed E-state index contributed by atoms with van der Waals surface area (Å²) in [6, 6.07) is 4.15. The number of pyridine rings is 1. The Morgan fingerprint density at radius 3 is 3.11 bits per heavy atom. The van der Waals surface area contributed by atoms with Crippen LogP contribution in [0.25, 0.3) is 6.08 Å². The van der Waals surface area contributed by atoms with Crippen LogP contribution in [-0.4, -0.2) is 40.7 Å². The molecule has 0 unspecified atom stereocenters. The highest BCUT2D eigenvalue weighted by molar-refractivity contribution is 5.66. The number of likely N-dealkylation sites (tertiary alicyclic amines) is 1. The molecule has 1 aromatic heterocycles. The molecule has 0 bridgehead atoms. The lowest BCUT2D eigenvalue weighted by molar-refractivity contribution is 0.0975. The summed E-state index contributed by atoms with van der Waals surface area (Å²) in [6.45, 7) is 2.17. The van der Waals surface area contributed by atoms with Gasteiger partial charge in [0.25, 0.3) is 0 Å². The maximum atomic E-state index is 10.6. The van der Waals surface area contributed by atoms with Crippen molar-refractivity contribution in [1.82, 2.24) is 9.88 Å². The minimum atomic E-state index is -0.833. The minimum absolute atomic E-state index is 0.321. The van der Waals surface area contributed by atoms with Gasteiger partial charge >= 0.3 is 6.09 Å². The molecule has 5 nitrogen and oxygen atoms in total. The molecule has 5 heteroatoms. The summed E-state index contributed by atoms with van der Waals surface area (Å²) in [6.07, 6.45) is 5.46. The number of hydrogen-bond donors (Lipinski definition) is 2. The summed E-state index contributed by atoms with van der Waals surface area (Å²) in [5.74, 6) is 1.32. The highest BCUT2D eigenvalue weighted by atomic mass is 16.4. The van der Waals surface area contributed by atoms with Gasteiger partial charge in [-0.3, -0.25) is 0 Å². The van der Waals surface area contributed by atoms with Gasteiger partial charge < -0.3 is 15.3 Å². The number of fused-ring (bicyclic) bond motifs is 1. The van der Waals surface area contributed by atoms with Gasteiger partial charge in [-0.1, -0.05) is 12.1 Å². The predicted molar refractivity (Wildman–Crippen MR) is 73.2 cm³/mol. The Labute approximate surface area is 111 Å². The van der Waals surface area contributed by atoms with Gasteiger partial charge in [-0.2, -0.15) is 0 Å². The van der Waals surface area contributed by atoms with Crippen LogP contribution >= 0.6 is 0 Å². The van der Waals surface area contributed by atoms with Crippen molar-refractivity contribution in [3.05, 3.63) is 29.5 Å². The lowest BCUT2D eigenvalue weighted by Crippen LogP contribution is -2.48. The smallest absolute Gasteiger partial charge is 0.407 e. The third-order valence-corrected chi connectivity index (χ3v) is 3.64. The zero-order valence-corrected chi connectivity index (χ0v) is 10.7. The van der Waals surface area contributed by atoms with Crippen molar-refractivity contribution in [2.45, 2.75) is 12.8 Å². The van der Waals surface area contributed by atoms with Gasteiger partial charge in [0.2, 0.25) is 0 Å². The van der Waals surface area contributed by atoms with Crippen molar-refractivity contribution >= 4 is 18.0 Å². The number of anilines is 1. The standard InChI is InChI=1S/C14H17N3O2/c18-14(19)17-8-10(9-17)3-5-12-6-4-11-2-1-7-15-13(11)16-12/h3-6,10H,1-2,7-9H2,(H,15,16)(H,18,19). The van der Waals surface area contributed by atoms with Gasteiger partial charge in [-0.05, 0) is 30.5 Å². The van der Waals surface area contributed by atoms with Gasteiger partial charge in [0.15, 0.2) is 0 Å². The number of nitrogens with zero attached hydrogens (tertiary/aromatic N) is 2. The van der Waals surface area contributed by atoms with Crippen LogP contribution in [0.1, 0.15) is 17.7 Å². The summed E-state index contributed by atoms with van der Waals surface area (Å²) in [7, 11) is 0. The fourth-order valence-electron chi connectivity index (χ4n) is 2.46. The van der Waals surface area contributed by atoms with E-state index in [0.717, 1.165) is 30.9 Å². The number of carboxylic acid groups (broad SMARTS) is 1. The number of aryl methyl sites for hydroxylation is 1. The summed E-state index contributed by atoms with van der Waals surface area (Å²) in [4.78, 5) is 16.6. The Morgan fingerprint density at radius 1 is 1.47 bits per heavy atom. The second kappa shape index (κ2) is 4.91. The molecule has 3 rings (SSSR count). The maximum Gasteiger partial charge on any atom is 0.407 e. The van der Waals surface area contributed by atoms with Crippen LogP contribution in [0.3, 0.4) is 0 Å². The Bertz CT molecular complexity index is 521. The van der Waals surface area contributed by atoms with E-state index >= 15 is 0 Å². The quantitative estimate of drug-likeness (QED) is 0.853. The molecular formula is C14H17N3O2. The third-order valence-electron chi connectivity index (χ3n) is 3.64. The molecule has 0 radical (unpaired) electrons. The van der Waals surface area contributed by atoms with Gasteiger partial charge in [-0.15, -0.1) is 0 Å². The summed E-state index contributed by atoms with van der Waals surface area (Å²) < 4.78 is 0. The Kier molecular flexibility index (Phi) is 3.11. The fraction of sp³-hybridized carbons (Fsp3) is 0.429. The van der Waals surface area contributed by atoms with E-state index in [-0.39, 0.29) is 0 Å². The number of carbonyl (C=O) groups is 1. The average molecular weight is 259 g/mol. The maximum absolute atomic E-state index is 10.6. The van der Waals surface area contributed by atoms with E-state index in [9.17, 15) is 4.79 Å². The number of aromatic nitrogens is 1. The molecule has 1 saturated heterocycles. The second-order valence-corrected chi connectivity index (χ2v) is 5.08. The molecule has 100 valence electrons. The zero-order valence-electron chi connectivity index (χ0n) is 10.7. The second-order valence-electron chi connectivity index (χ2n) is 5.08. The van der Waals surface area contributed by atoms with E-state index < -0.39 is 6.09 Å². The first-order chi connectivity index (χ1) is 9.22. The van der Waals surface area contributed by atoms with Gasteiger partial charge in [0.1, 0.15) is 5.82 Å². The van der Waals surface area contributed by atoms with Crippen molar-refractivity contribution < 1.29 is 9.90 Å². The van der Waals surface area contributed by atoms with Crippen molar-refractivity contribution in [3.8, 4) is 0 Å². The molecule has 2 N–H and O–H groups in total. The number of nitrogens with one attached hydrogen (secondary N) is 1. The van der Waals surface area contributed by atoms with E-state index in [1.54, 1.807) is 0 Å². The van der Waals surface area contributed by atoms with E-state index in [2.05, 4.69) is 22.4 Å². The molecule has 2 aliphatic rings. The van der Waals surface area contributed by atoms with E-state index in [4.69, 9.17) is 5.11 Å². The third kappa shape index (κ3) is 2.54. The highest BCUT2D eigenvalue weighted by Crippen LogP contribution is 2.21. The van der Waals surface area contributed by atoms with Gasteiger partial charge in [0.05, 0.1) is 5.69 Å². The van der Waals surface area contributed by atoms with Crippen molar-refractivity contribution in [3.63, 3.8) is 0 Å². The first-order valence-corrected chi connectivity index (χ1v) is 6.62. The summed E-state index contributed by atoms with van der Waals surface area (Å²) in [5.41, 5.74) is 2.21. The largest absolute Gasteiger partial charge is 0.465 e. The van der Waals surface area contributed by atoms with E-state index in [1.165, 1.54) is 10.5 Å². The van der Waals surface area contributed by atoms with E-state index in [1.807, 2.05) is 12.1 Å². The molecule has 0 atom stereocenters. The molecule has 19 heavy (non-hydrogen) atoms. The van der Waals surface area contributed by atoms with Gasteiger partial charge in [-0.25, -0.2) is 9.78 Å². The molecule has 1 aromatic rings. The van der Waals surface area contributed by atoms with Crippen LogP contribution in [0, 0.1) is 5.92 Å². The zero-order chi connectivity index (χ0) is 13.2. The lowest BCUT2D eigenvalue weighted by Gasteiger charge is -2.35. The molecule has 1 fully saturated rings. The highest BCUT2D eigenvalue weighted by Gasteiger charge is 2.28. The molecule has 1 amide bonds. The molecule has 0 spiro atoms. The van der Waals surface area contributed by atoms with Gasteiger partial charge in [0, 0.05) is 25.6 Å². The van der Waals surface area contributed by atoms with Crippen LogP contribution < -0.4 is 5.32 Å². The SMILES string of the molecule is O=C(O)N1CC(C=Cc2ccc3c(n2)NCCC3)C1. The minimum Gasteiger partial charge on any atom is -0.465 e. The molecule has 2 aliphatic heterocycles.